The fourth-order valence-electron chi connectivity index (χ4n) is 2.61. The topological polar surface area (TPSA) is 33.7 Å². The molecule has 1 heterocycles. The molecule has 2 rings (SSSR count). The number of alkyl halides is 2. The first kappa shape index (κ1) is 16.0. The number of methoxy groups -OCH3 is 1. The van der Waals surface area contributed by atoms with Crippen molar-refractivity contribution in [1.29, 1.82) is 0 Å². The third-order valence-corrected chi connectivity index (χ3v) is 3.66. The lowest BCUT2D eigenvalue weighted by Crippen LogP contribution is -2.43. The number of hydrogen-bond donors (Lipinski definition) is 1. The van der Waals surface area contributed by atoms with E-state index in [0.29, 0.717) is 18.3 Å². The Morgan fingerprint density at radius 1 is 1.38 bits per heavy atom. The first-order valence-electron chi connectivity index (χ1n) is 7.12. The van der Waals surface area contributed by atoms with Crippen molar-refractivity contribution in [3.63, 3.8) is 0 Å². The molecule has 118 valence electrons. The van der Waals surface area contributed by atoms with Crippen LogP contribution in [0.3, 0.4) is 0 Å². The van der Waals surface area contributed by atoms with Gasteiger partial charge in [0.25, 0.3) is 0 Å². The predicted octanol–water partition coefficient (Wildman–Crippen LogP) is 2.48. The molecular formula is C15H22F2N2O2. The summed E-state index contributed by atoms with van der Waals surface area (Å²) >= 11 is 0. The van der Waals surface area contributed by atoms with Crippen LogP contribution in [-0.2, 0) is 6.54 Å². The van der Waals surface area contributed by atoms with Crippen molar-refractivity contribution < 1.29 is 18.3 Å². The molecule has 1 N–H and O–H groups in total. The summed E-state index contributed by atoms with van der Waals surface area (Å²) in [5.74, 6) is 0.393. The van der Waals surface area contributed by atoms with Crippen molar-refractivity contribution in [2.75, 3.05) is 27.2 Å². The number of piperidine rings is 1. The van der Waals surface area contributed by atoms with E-state index in [2.05, 4.69) is 22.0 Å². The minimum absolute atomic E-state index is 0.0764. The maximum atomic E-state index is 12.4. The molecule has 1 aliphatic heterocycles. The molecule has 1 aliphatic rings. The molecule has 0 aliphatic carbocycles. The monoisotopic (exact) mass is 300 g/mol. The zero-order valence-corrected chi connectivity index (χ0v) is 12.4. The molecule has 4 nitrogen and oxygen atoms in total. The molecule has 0 amide bonds. The highest BCUT2D eigenvalue weighted by atomic mass is 19.3. The lowest BCUT2D eigenvalue weighted by molar-refractivity contribution is -0.0512. The summed E-state index contributed by atoms with van der Waals surface area (Å²) in [5.41, 5.74) is 0.902. The van der Waals surface area contributed by atoms with Gasteiger partial charge in [0.15, 0.2) is 11.5 Å². The van der Waals surface area contributed by atoms with Gasteiger partial charge in [-0.25, -0.2) is 0 Å². The van der Waals surface area contributed by atoms with Crippen molar-refractivity contribution >= 4 is 0 Å². The number of ether oxygens (including phenoxy) is 2. The van der Waals surface area contributed by atoms with Gasteiger partial charge in [0.1, 0.15) is 0 Å². The maximum Gasteiger partial charge on any atom is 0.387 e. The Hall–Kier alpha value is -1.40. The maximum absolute atomic E-state index is 12.4. The van der Waals surface area contributed by atoms with Crippen LogP contribution < -0.4 is 14.8 Å². The van der Waals surface area contributed by atoms with Gasteiger partial charge in [-0.05, 0) is 44.1 Å². The van der Waals surface area contributed by atoms with Crippen LogP contribution >= 0.6 is 0 Å². The number of halogens is 2. The first-order chi connectivity index (χ1) is 10.1. The Labute approximate surface area is 124 Å². The van der Waals surface area contributed by atoms with Gasteiger partial charge in [0, 0.05) is 19.1 Å². The van der Waals surface area contributed by atoms with Crippen LogP contribution in [-0.4, -0.2) is 44.8 Å². The molecule has 1 saturated heterocycles. The molecule has 6 heteroatoms. The second kappa shape index (κ2) is 7.56. The fraction of sp³-hybridized carbons (Fsp3) is 0.600. The third kappa shape index (κ3) is 4.82. The summed E-state index contributed by atoms with van der Waals surface area (Å²) in [4.78, 5) is 2.29. The number of hydrogen-bond acceptors (Lipinski definition) is 4. The zero-order chi connectivity index (χ0) is 15.2. The molecule has 0 saturated carbocycles. The molecule has 1 atom stereocenters. The second-order valence-electron chi connectivity index (χ2n) is 5.35. The van der Waals surface area contributed by atoms with E-state index in [-0.39, 0.29) is 5.75 Å². The van der Waals surface area contributed by atoms with Crippen molar-refractivity contribution in [1.82, 2.24) is 10.2 Å². The number of likely N-dealkylation sites (tertiary alicyclic amines) is 1. The number of rotatable bonds is 6. The van der Waals surface area contributed by atoms with E-state index in [1.807, 2.05) is 6.07 Å². The lowest BCUT2D eigenvalue weighted by atomic mass is 10.1. The van der Waals surface area contributed by atoms with Crippen molar-refractivity contribution in [2.24, 2.45) is 0 Å². The lowest BCUT2D eigenvalue weighted by Gasteiger charge is -2.30. The van der Waals surface area contributed by atoms with Crippen LogP contribution in [0.2, 0.25) is 0 Å². The Bertz CT molecular complexity index is 457. The van der Waals surface area contributed by atoms with E-state index in [0.717, 1.165) is 25.1 Å². The zero-order valence-electron chi connectivity index (χ0n) is 12.4. The van der Waals surface area contributed by atoms with Gasteiger partial charge in [-0.1, -0.05) is 6.07 Å². The van der Waals surface area contributed by atoms with Crippen molar-refractivity contribution in [3.8, 4) is 11.5 Å². The van der Waals surface area contributed by atoms with Crippen LogP contribution in [0.25, 0.3) is 0 Å². The van der Waals surface area contributed by atoms with Gasteiger partial charge in [0.2, 0.25) is 0 Å². The van der Waals surface area contributed by atoms with Gasteiger partial charge in [0.05, 0.1) is 7.11 Å². The minimum Gasteiger partial charge on any atom is -0.493 e. The van der Waals surface area contributed by atoms with Crippen LogP contribution in [0.5, 0.6) is 11.5 Å². The average Bonchev–Trinajstić information content (AvgIpc) is 2.45. The number of nitrogens with zero attached hydrogens (tertiary/aromatic N) is 1. The molecule has 0 spiro atoms. The molecule has 0 bridgehead atoms. The Morgan fingerprint density at radius 2 is 2.19 bits per heavy atom. The second-order valence-corrected chi connectivity index (χ2v) is 5.35. The smallest absolute Gasteiger partial charge is 0.387 e. The molecule has 1 unspecified atom stereocenters. The van der Waals surface area contributed by atoms with Crippen LogP contribution in [0.4, 0.5) is 8.78 Å². The van der Waals surface area contributed by atoms with E-state index in [9.17, 15) is 8.78 Å². The molecule has 0 radical (unpaired) electrons. The standard InChI is InChI=1S/C15H22F2N2O2/c1-19-7-3-4-12(10-19)18-9-11-5-6-13(20-2)14(8-11)21-15(16)17/h5-6,8,12,15,18H,3-4,7,9-10H2,1-2H3. The van der Waals surface area contributed by atoms with Gasteiger partial charge >= 0.3 is 6.61 Å². The SMILES string of the molecule is COc1ccc(CNC2CCCN(C)C2)cc1OC(F)F. The Kier molecular flexibility index (Phi) is 5.76. The van der Waals surface area contributed by atoms with E-state index in [1.165, 1.54) is 13.5 Å². The summed E-state index contributed by atoms with van der Waals surface area (Å²) in [5, 5.41) is 3.46. The summed E-state index contributed by atoms with van der Waals surface area (Å²) in [6.45, 7) is -0.0831. The van der Waals surface area contributed by atoms with Gasteiger partial charge in [-0.15, -0.1) is 0 Å². The third-order valence-electron chi connectivity index (χ3n) is 3.66. The quantitative estimate of drug-likeness (QED) is 0.875. The number of benzene rings is 1. The van der Waals surface area contributed by atoms with E-state index in [1.54, 1.807) is 12.1 Å². The highest BCUT2D eigenvalue weighted by Gasteiger charge is 2.17. The largest absolute Gasteiger partial charge is 0.493 e. The molecular weight excluding hydrogens is 278 g/mol. The van der Waals surface area contributed by atoms with Crippen molar-refractivity contribution in [2.45, 2.75) is 32.0 Å². The molecule has 0 aromatic heterocycles. The summed E-state index contributed by atoms with van der Waals surface area (Å²) in [7, 11) is 3.54. The fourth-order valence-corrected chi connectivity index (χ4v) is 2.61. The van der Waals surface area contributed by atoms with Crippen molar-refractivity contribution in [3.05, 3.63) is 23.8 Å². The van der Waals surface area contributed by atoms with E-state index in [4.69, 9.17) is 4.74 Å². The predicted molar refractivity (Wildman–Crippen MR) is 77.0 cm³/mol. The highest BCUT2D eigenvalue weighted by Crippen LogP contribution is 2.29. The average molecular weight is 300 g/mol. The Balaban J connectivity index is 1.96. The summed E-state index contributed by atoms with van der Waals surface area (Å²) < 4.78 is 34.3. The van der Waals surface area contributed by atoms with Crippen LogP contribution in [0.1, 0.15) is 18.4 Å². The molecule has 1 fully saturated rings. The van der Waals surface area contributed by atoms with E-state index < -0.39 is 6.61 Å². The Morgan fingerprint density at radius 3 is 2.86 bits per heavy atom. The van der Waals surface area contributed by atoms with Gasteiger partial charge in [-0.3, -0.25) is 0 Å². The van der Waals surface area contributed by atoms with Gasteiger partial charge in [-0.2, -0.15) is 8.78 Å². The first-order valence-corrected chi connectivity index (χ1v) is 7.12. The number of likely N-dealkylation sites (N-methyl/N-ethyl adjacent to an activating group) is 1. The minimum atomic E-state index is -2.85. The van der Waals surface area contributed by atoms with E-state index >= 15 is 0 Å². The van der Waals surface area contributed by atoms with Crippen LogP contribution in [0, 0.1) is 0 Å². The summed E-state index contributed by atoms with van der Waals surface area (Å²) in [6, 6.07) is 5.55. The highest BCUT2D eigenvalue weighted by molar-refractivity contribution is 5.43. The van der Waals surface area contributed by atoms with Crippen LogP contribution in [0.15, 0.2) is 18.2 Å². The van der Waals surface area contributed by atoms with Gasteiger partial charge < -0.3 is 19.7 Å². The summed E-state index contributed by atoms with van der Waals surface area (Å²) in [6.07, 6.45) is 2.32. The normalized spacial score (nSPS) is 19.8. The number of nitrogens with one attached hydrogen (secondary N) is 1. The molecule has 1 aromatic carbocycles. The molecule has 1 aromatic rings. The molecule has 21 heavy (non-hydrogen) atoms.